The third-order valence-electron chi connectivity index (χ3n) is 3.21. The van der Waals surface area contributed by atoms with E-state index in [0.717, 1.165) is 16.5 Å². The van der Waals surface area contributed by atoms with Gasteiger partial charge in [0.05, 0.1) is 11.9 Å². The summed E-state index contributed by atoms with van der Waals surface area (Å²) in [6.07, 6.45) is 3.39. The van der Waals surface area contributed by atoms with Crippen LogP contribution in [0.25, 0.3) is 10.9 Å². The molecule has 2 N–H and O–H groups in total. The molecule has 1 heterocycles. The number of unbranched alkanes of at least 4 members (excludes halogenated alkanes) is 1. The first kappa shape index (κ1) is 15.0. The number of amides is 1. The van der Waals surface area contributed by atoms with Gasteiger partial charge < -0.3 is 10.4 Å². The van der Waals surface area contributed by atoms with E-state index in [9.17, 15) is 9.59 Å². The number of carbonyl (C=O) groups is 2. The van der Waals surface area contributed by atoms with Gasteiger partial charge >= 0.3 is 5.97 Å². The molecule has 0 spiro atoms. The molecule has 0 saturated heterocycles. The van der Waals surface area contributed by atoms with Crippen LogP contribution in [0, 0.1) is 0 Å². The standard InChI is InChI=1S/C16H18N2O3/c19-14(17-9-2-1-8-15(20)21)11-13-6-3-5-12-7-4-10-18-16(12)13/h3-7,10H,1-2,8-9,11H2,(H,17,19)(H,20,21). The van der Waals surface area contributed by atoms with Crippen LogP contribution in [0.4, 0.5) is 0 Å². The smallest absolute Gasteiger partial charge is 0.303 e. The zero-order valence-electron chi connectivity index (χ0n) is 11.7. The average Bonchev–Trinajstić information content (AvgIpc) is 2.47. The predicted molar refractivity (Wildman–Crippen MR) is 79.9 cm³/mol. The van der Waals surface area contributed by atoms with E-state index >= 15 is 0 Å². The summed E-state index contributed by atoms with van der Waals surface area (Å²) in [7, 11) is 0. The Bertz CT molecular complexity index is 635. The minimum absolute atomic E-state index is 0.0662. The van der Waals surface area contributed by atoms with Crippen LogP contribution in [0.1, 0.15) is 24.8 Å². The van der Waals surface area contributed by atoms with Gasteiger partial charge in [-0.1, -0.05) is 24.3 Å². The number of fused-ring (bicyclic) bond motifs is 1. The predicted octanol–water partition coefficient (Wildman–Crippen LogP) is 2.15. The summed E-state index contributed by atoms with van der Waals surface area (Å²) >= 11 is 0. The summed E-state index contributed by atoms with van der Waals surface area (Å²) in [5.41, 5.74) is 1.75. The van der Waals surface area contributed by atoms with Gasteiger partial charge in [-0.05, 0) is 24.5 Å². The number of benzene rings is 1. The van der Waals surface area contributed by atoms with Gasteiger partial charge in [0, 0.05) is 24.5 Å². The van der Waals surface area contributed by atoms with E-state index in [1.807, 2.05) is 30.3 Å². The molecule has 1 aromatic carbocycles. The molecule has 0 radical (unpaired) electrons. The normalized spacial score (nSPS) is 10.5. The van der Waals surface area contributed by atoms with Crippen LogP contribution in [0.15, 0.2) is 36.5 Å². The fourth-order valence-electron chi connectivity index (χ4n) is 2.17. The molecular formula is C16H18N2O3. The number of carboxylic acids is 1. The van der Waals surface area contributed by atoms with Crippen molar-refractivity contribution in [2.75, 3.05) is 6.54 Å². The van der Waals surface area contributed by atoms with E-state index in [0.29, 0.717) is 19.4 Å². The van der Waals surface area contributed by atoms with Crippen LogP contribution < -0.4 is 5.32 Å². The Hall–Kier alpha value is -2.43. The first-order valence-electron chi connectivity index (χ1n) is 6.98. The quantitative estimate of drug-likeness (QED) is 0.764. The molecule has 110 valence electrons. The van der Waals surface area contributed by atoms with Gasteiger partial charge in [0.15, 0.2) is 0 Å². The maximum Gasteiger partial charge on any atom is 0.303 e. The van der Waals surface area contributed by atoms with Crippen LogP contribution in [-0.4, -0.2) is 28.5 Å². The van der Waals surface area contributed by atoms with E-state index < -0.39 is 5.97 Å². The zero-order chi connectivity index (χ0) is 15.1. The summed E-state index contributed by atoms with van der Waals surface area (Å²) < 4.78 is 0. The van der Waals surface area contributed by atoms with Crippen molar-refractivity contribution in [3.63, 3.8) is 0 Å². The lowest BCUT2D eigenvalue weighted by Crippen LogP contribution is -2.26. The number of nitrogens with one attached hydrogen (secondary N) is 1. The number of hydrogen-bond acceptors (Lipinski definition) is 3. The van der Waals surface area contributed by atoms with Crippen LogP contribution in [-0.2, 0) is 16.0 Å². The lowest BCUT2D eigenvalue weighted by molar-refractivity contribution is -0.137. The number of pyridine rings is 1. The Balaban J connectivity index is 1.86. The van der Waals surface area contributed by atoms with Crippen molar-refractivity contribution in [2.45, 2.75) is 25.7 Å². The van der Waals surface area contributed by atoms with E-state index in [2.05, 4.69) is 10.3 Å². The first-order chi connectivity index (χ1) is 10.2. The van der Waals surface area contributed by atoms with Gasteiger partial charge in [0.1, 0.15) is 0 Å². The minimum Gasteiger partial charge on any atom is -0.481 e. The van der Waals surface area contributed by atoms with Gasteiger partial charge in [0.2, 0.25) is 5.91 Å². The molecule has 2 aromatic rings. The Morgan fingerprint density at radius 1 is 1.14 bits per heavy atom. The number of rotatable bonds is 7. The highest BCUT2D eigenvalue weighted by Crippen LogP contribution is 2.16. The maximum absolute atomic E-state index is 11.9. The maximum atomic E-state index is 11.9. The van der Waals surface area contributed by atoms with Crippen molar-refractivity contribution in [3.8, 4) is 0 Å². The van der Waals surface area contributed by atoms with E-state index in [1.165, 1.54) is 0 Å². The highest BCUT2D eigenvalue weighted by atomic mass is 16.4. The monoisotopic (exact) mass is 286 g/mol. The molecule has 0 saturated carbocycles. The zero-order valence-corrected chi connectivity index (χ0v) is 11.7. The number of carbonyl (C=O) groups excluding carboxylic acids is 1. The van der Waals surface area contributed by atoms with Gasteiger partial charge in [-0.2, -0.15) is 0 Å². The lowest BCUT2D eigenvalue weighted by Gasteiger charge is -2.07. The summed E-state index contributed by atoms with van der Waals surface area (Å²) in [6, 6.07) is 9.62. The molecule has 0 aliphatic rings. The second-order valence-corrected chi connectivity index (χ2v) is 4.87. The fraction of sp³-hybridized carbons (Fsp3) is 0.312. The SMILES string of the molecule is O=C(O)CCCCNC(=O)Cc1cccc2cccnc12. The topological polar surface area (TPSA) is 79.3 Å². The number of aromatic nitrogens is 1. The van der Waals surface area contributed by atoms with Crippen LogP contribution in [0.2, 0.25) is 0 Å². The van der Waals surface area contributed by atoms with Crippen LogP contribution >= 0.6 is 0 Å². The molecule has 0 unspecified atom stereocenters. The molecular weight excluding hydrogens is 268 g/mol. The van der Waals surface area contributed by atoms with Crippen molar-refractivity contribution in [1.82, 2.24) is 10.3 Å². The third kappa shape index (κ3) is 4.56. The summed E-state index contributed by atoms with van der Waals surface area (Å²) in [4.78, 5) is 26.6. The molecule has 5 heteroatoms. The van der Waals surface area contributed by atoms with Gasteiger partial charge in [-0.25, -0.2) is 0 Å². The molecule has 0 atom stereocenters. The van der Waals surface area contributed by atoms with Gasteiger partial charge in [-0.3, -0.25) is 14.6 Å². The van der Waals surface area contributed by atoms with Crippen molar-refractivity contribution < 1.29 is 14.7 Å². The fourth-order valence-corrected chi connectivity index (χ4v) is 2.17. The van der Waals surface area contributed by atoms with Crippen molar-refractivity contribution in [2.24, 2.45) is 0 Å². The second-order valence-electron chi connectivity index (χ2n) is 4.87. The van der Waals surface area contributed by atoms with E-state index in [4.69, 9.17) is 5.11 Å². The van der Waals surface area contributed by atoms with E-state index in [-0.39, 0.29) is 18.7 Å². The highest BCUT2D eigenvalue weighted by Gasteiger charge is 2.07. The van der Waals surface area contributed by atoms with Crippen molar-refractivity contribution in [1.29, 1.82) is 0 Å². The minimum atomic E-state index is -0.803. The highest BCUT2D eigenvalue weighted by molar-refractivity contribution is 5.87. The molecule has 1 amide bonds. The van der Waals surface area contributed by atoms with Crippen LogP contribution in [0.5, 0.6) is 0 Å². The number of aliphatic carboxylic acids is 1. The van der Waals surface area contributed by atoms with Crippen LogP contribution in [0.3, 0.4) is 0 Å². The van der Waals surface area contributed by atoms with Gasteiger partial charge in [0.25, 0.3) is 0 Å². The average molecular weight is 286 g/mol. The number of hydrogen-bond donors (Lipinski definition) is 2. The molecule has 21 heavy (non-hydrogen) atoms. The Morgan fingerprint density at radius 2 is 1.95 bits per heavy atom. The van der Waals surface area contributed by atoms with Crippen molar-refractivity contribution >= 4 is 22.8 Å². The molecule has 0 fully saturated rings. The molecule has 2 rings (SSSR count). The molecule has 0 aliphatic heterocycles. The molecule has 1 aromatic heterocycles. The summed E-state index contributed by atoms with van der Waals surface area (Å²) in [6.45, 7) is 0.504. The first-order valence-corrected chi connectivity index (χ1v) is 6.98. The Morgan fingerprint density at radius 3 is 2.76 bits per heavy atom. The molecule has 0 bridgehead atoms. The molecule has 5 nitrogen and oxygen atoms in total. The van der Waals surface area contributed by atoms with Crippen molar-refractivity contribution in [3.05, 3.63) is 42.1 Å². The lowest BCUT2D eigenvalue weighted by atomic mass is 10.1. The van der Waals surface area contributed by atoms with Gasteiger partial charge in [-0.15, -0.1) is 0 Å². The summed E-state index contributed by atoms with van der Waals surface area (Å²) in [5.74, 6) is -0.869. The number of nitrogens with zero attached hydrogens (tertiary/aromatic N) is 1. The Labute approximate surface area is 123 Å². The largest absolute Gasteiger partial charge is 0.481 e. The number of carboxylic acid groups (broad SMARTS) is 1. The summed E-state index contributed by atoms with van der Waals surface area (Å²) in [5, 5.41) is 12.4. The second kappa shape index (κ2) is 7.38. The van der Waals surface area contributed by atoms with E-state index in [1.54, 1.807) is 6.20 Å². The number of para-hydroxylation sites is 1. The third-order valence-corrected chi connectivity index (χ3v) is 3.21. The molecule has 0 aliphatic carbocycles. The Kier molecular flexibility index (Phi) is 5.26.